The molecule has 0 aromatic carbocycles. The van der Waals surface area contributed by atoms with E-state index in [2.05, 4.69) is 20.9 Å². The second kappa shape index (κ2) is 4.77. The van der Waals surface area contributed by atoms with Gasteiger partial charge in [0.1, 0.15) is 11.0 Å². The van der Waals surface area contributed by atoms with E-state index in [4.69, 9.17) is 11.6 Å². The molecule has 0 amide bonds. The van der Waals surface area contributed by atoms with Gasteiger partial charge in [-0.1, -0.05) is 27.5 Å². The summed E-state index contributed by atoms with van der Waals surface area (Å²) in [6, 6.07) is 1.43. The Bertz CT molecular complexity index is 267. The van der Waals surface area contributed by atoms with Crippen molar-refractivity contribution >= 4 is 27.5 Å². The standard InChI is InChI=1S/C8H8BrClFN/c9-3-1-2-6-4-7(11)5-12-8(6)10/h4-5H,1-3H2. The van der Waals surface area contributed by atoms with Crippen molar-refractivity contribution < 1.29 is 4.39 Å². The molecule has 1 aromatic heterocycles. The number of hydrogen-bond acceptors (Lipinski definition) is 1. The average molecular weight is 253 g/mol. The van der Waals surface area contributed by atoms with Crippen molar-refractivity contribution in [2.24, 2.45) is 0 Å². The van der Waals surface area contributed by atoms with Crippen molar-refractivity contribution in [1.29, 1.82) is 0 Å². The number of pyridine rings is 1. The molecule has 1 heterocycles. The molecule has 12 heavy (non-hydrogen) atoms. The van der Waals surface area contributed by atoms with Crippen LogP contribution >= 0.6 is 27.5 Å². The van der Waals surface area contributed by atoms with Crippen LogP contribution in [0.15, 0.2) is 12.3 Å². The zero-order valence-corrected chi connectivity index (χ0v) is 8.70. The first-order valence-electron chi connectivity index (χ1n) is 3.60. The van der Waals surface area contributed by atoms with Gasteiger partial charge in [0, 0.05) is 5.33 Å². The summed E-state index contributed by atoms with van der Waals surface area (Å²) in [6.45, 7) is 0. The lowest BCUT2D eigenvalue weighted by atomic mass is 10.2. The van der Waals surface area contributed by atoms with Crippen LogP contribution < -0.4 is 0 Å². The third-order valence-electron chi connectivity index (χ3n) is 1.46. The fourth-order valence-electron chi connectivity index (χ4n) is 0.897. The Balaban J connectivity index is 2.75. The van der Waals surface area contributed by atoms with Gasteiger partial charge >= 0.3 is 0 Å². The van der Waals surface area contributed by atoms with Crippen LogP contribution in [0.3, 0.4) is 0 Å². The van der Waals surface area contributed by atoms with Gasteiger partial charge in [-0.25, -0.2) is 9.37 Å². The van der Waals surface area contributed by atoms with Crippen molar-refractivity contribution in [3.63, 3.8) is 0 Å². The summed E-state index contributed by atoms with van der Waals surface area (Å²) in [6.07, 6.45) is 2.82. The summed E-state index contributed by atoms with van der Waals surface area (Å²) in [5, 5.41) is 1.29. The molecule has 0 aliphatic heterocycles. The van der Waals surface area contributed by atoms with Gasteiger partial charge in [-0.05, 0) is 24.5 Å². The quantitative estimate of drug-likeness (QED) is 0.595. The minimum atomic E-state index is -0.330. The Morgan fingerprint density at radius 2 is 2.33 bits per heavy atom. The highest BCUT2D eigenvalue weighted by Gasteiger charge is 2.02. The molecule has 0 spiro atoms. The number of rotatable bonds is 3. The topological polar surface area (TPSA) is 12.9 Å². The largest absolute Gasteiger partial charge is 0.241 e. The number of nitrogens with zero attached hydrogens (tertiary/aromatic N) is 1. The lowest BCUT2D eigenvalue weighted by Crippen LogP contribution is -1.91. The molecular weight excluding hydrogens is 244 g/mol. The minimum absolute atomic E-state index is 0.330. The third-order valence-corrected chi connectivity index (χ3v) is 2.36. The third kappa shape index (κ3) is 2.72. The molecule has 1 aromatic rings. The molecular formula is C8H8BrClFN. The Kier molecular flexibility index (Phi) is 3.95. The maximum Gasteiger partial charge on any atom is 0.141 e. The highest BCUT2D eigenvalue weighted by atomic mass is 79.9. The second-order valence-corrected chi connectivity index (χ2v) is 3.55. The number of halogens is 3. The van der Waals surface area contributed by atoms with Gasteiger partial charge in [0.2, 0.25) is 0 Å². The predicted molar refractivity (Wildman–Crippen MR) is 51.3 cm³/mol. The maximum absolute atomic E-state index is 12.6. The van der Waals surface area contributed by atoms with Crippen LogP contribution in [0.1, 0.15) is 12.0 Å². The molecule has 0 fully saturated rings. The highest BCUT2D eigenvalue weighted by Crippen LogP contribution is 2.15. The number of hydrogen-bond donors (Lipinski definition) is 0. The molecule has 0 aliphatic rings. The Labute approximate surface area is 84.1 Å². The van der Waals surface area contributed by atoms with Crippen LogP contribution in [0.4, 0.5) is 4.39 Å². The van der Waals surface area contributed by atoms with E-state index in [0.717, 1.165) is 29.9 Å². The SMILES string of the molecule is Fc1cnc(Cl)c(CCCBr)c1. The zero-order chi connectivity index (χ0) is 8.97. The molecule has 0 bridgehead atoms. The fourth-order valence-corrected chi connectivity index (χ4v) is 1.38. The van der Waals surface area contributed by atoms with Gasteiger partial charge < -0.3 is 0 Å². The van der Waals surface area contributed by atoms with Crippen LogP contribution in [-0.4, -0.2) is 10.3 Å². The first-order valence-corrected chi connectivity index (χ1v) is 5.10. The van der Waals surface area contributed by atoms with Crippen molar-refractivity contribution in [2.45, 2.75) is 12.8 Å². The van der Waals surface area contributed by atoms with Gasteiger partial charge in [0.25, 0.3) is 0 Å². The van der Waals surface area contributed by atoms with E-state index in [9.17, 15) is 4.39 Å². The van der Waals surface area contributed by atoms with E-state index >= 15 is 0 Å². The van der Waals surface area contributed by atoms with E-state index in [0.29, 0.717) is 5.15 Å². The number of aromatic nitrogens is 1. The van der Waals surface area contributed by atoms with Crippen LogP contribution in [-0.2, 0) is 6.42 Å². The van der Waals surface area contributed by atoms with Gasteiger partial charge in [0.05, 0.1) is 6.20 Å². The van der Waals surface area contributed by atoms with Crippen molar-refractivity contribution in [3.8, 4) is 0 Å². The summed E-state index contributed by atoms with van der Waals surface area (Å²) in [7, 11) is 0. The van der Waals surface area contributed by atoms with Crippen molar-refractivity contribution in [2.75, 3.05) is 5.33 Å². The molecule has 66 valence electrons. The summed E-state index contributed by atoms with van der Waals surface area (Å²) in [5.41, 5.74) is 0.774. The Hall–Kier alpha value is -0.150. The van der Waals surface area contributed by atoms with Gasteiger partial charge in [-0.3, -0.25) is 0 Å². The molecule has 0 aliphatic carbocycles. The van der Waals surface area contributed by atoms with E-state index in [1.54, 1.807) is 0 Å². The lowest BCUT2D eigenvalue weighted by molar-refractivity contribution is 0.618. The predicted octanol–water partition coefficient (Wildman–Crippen LogP) is 3.20. The summed E-state index contributed by atoms with van der Waals surface area (Å²) in [5.74, 6) is -0.330. The smallest absolute Gasteiger partial charge is 0.141 e. The fraction of sp³-hybridized carbons (Fsp3) is 0.375. The van der Waals surface area contributed by atoms with Gasteiger partial charge in [-0.2, -0.15) is 0 Å². The summed E-state index contributed by atoms with van der Waals surface area (Å²) >= 11 is 9.03. The highest BCUT2D eigenvalue weighted by molar-refractivity contribution is 9.09. The van der Waals surface area contributed by atoms with Crippen LogP contribution in [0, 0.1) is 5.82 Å². The molecule has 0 saturated carbocycles. The first kappa shape index (κ1) is 9.93. The molecule has 4 heteroatoms. The Morgan fingerprint density at radius 1 is 1.58 bits per heavy atom. The second-order valence-electron chi connectivity index (χ2n) is 2.40. The number of alkyl halides is 1. The maximum atomic E-state index is 12.6. The monoisotopic (exact) mass is 251 g/mol. The van der Waals surface area contributed by atoms with E-state index in [1.807, 2.05) is 0 Å². The van der Waals surface area contributed by atoms with Crippen molar-refractivity contribution in [3.05, 3.63) is 28.8 Å². The molecule has 0 N–H and O–H groups in total. The van der Waals surface area contributed by atoms with Crippen LogP contribution in [0.25, 0.3) is 0 Å². The molecule has 0 radical (unpaired) electrons. The zero-order valence-electron chi connectivity index (χ0n) is 6.36. The normalized spacial score (nSPS) is 10.2. The minimum Gasteiger partial charge on any atom is -0.241 e. The summed E-state index contributed by atoms with van der Waals surface area (Å²) in [4.78, 5) is 3.71. The first-order chi connectivity index (χ1) is 5.74. The van der Waals surface area contributed by atoms with Gasteiger partial charge in [-0.15, -0.1) is 0 Å². The molecule has 1 rings (SSSR count). The van der Waals surface area contributed by atoms with Crippen LogP contribution in [0.5, 0.6) is 0 Å². The number of aryl methyl sites for hydroxylation is 1. The Morgan fingerprint density at radius 3 is 3.00 bits per heavy atom. The molecule has 1 nitrogen and oxygen atoms in total. The van der Waals surface area contributed by atoms with Gasteiger partial charge in [0.15, 0.2) is 0 Å². The molecule has 0 saturated heterocycles. The van der Waals surface area contributed by atoms with Crippen LogP contribution in [0.2, 0.25) is 5.15 Å². The summed E-state index contributed by atoms with van der Waals surface area (Å²) < 4.78 is 12.6. The average Bonchev–Trinajstić information content (AvgIpc) is 2.07. The van der Waals surface area contributed by atoms with E-state index in [-0.39, 0.29) is 5.82 Å². The molecule has 0 unspecified atom stereocenters. The molecule has 0 atom stereocenters. The van der Waals surface area contributed by atoms with E-state index < -0.39 is 0 Å². The van der Waals surface area contributed by atoms with Crippen molar-refractivity contribution in [1.82, 2.24) is 4.98 Å². The van der Waals surface area contributed by atoms with E-state index in [1.165, 1.54) is 6.07 Å². The lowest BCUT2D eigenvalue weighted by Gasteiger charge is -2.00.